The fourth-order valence-electron chi connectivity index (χ4n) is 9.09. The molecule has 0 aromatic carbocycles. The van der Waals surface area contributed by atoms with Gasteiger partial charge in [0.05, 0.1) is 19.1 Å². The van der Waals surface area contributed by atoms with Crippen molar-refractivity contribution < 1.29 is 32.8 Å². The van der Waals surface area contributed by atoms with Crippen LogP contribution in [-0.4, -0.2) is 68.9 Å². The first-order valence-electron chi connectivity index (χ1n) is 29.3. The molecule has 0 aromatic heterocycles. The molecule has 8 nitrogen and oxygen atoms in total. The molecule has 0 rings (SSSR count). The van der Waals surface area contributed by atoms with Crippen LogP contribution in [0.1, 0.15) is 303 Å². The highest BCUT2D eigenvalue weighted by atomic mass is 31.2. The number of esters is 1. The molecule has 0 saturated carbocycles. The monoisotopic (exact) mass is 958 g/mol. The van der Waals surface area contributed by atoms with Crippen molar-refractivity contribution in [3.05, 3.63) is 0 Å². The summed E-state index contributed by atoms with van der Waals surface area (Å²) in [6, 6.07) is 0. The maximum Gasteiger partial charge on any atom is 0.472 e. The van der Waals surface area contributed by atoms with E-state index in [0.717, 1.165) is 38.5 Å². The lowest BCUT2D eigenvalue weighted by atomic mass is 9.94. The molecule has 0 aliphatic rings. The summed E-state index contributed by atoms with van der Waals surface area (Å²) in [6.07, 6.45) is 56.1. The van der Waals surface area contributed by atoms with Gasteiger partial charge in [0, 0.05) is 13.2 Å². The Morgan fingerprint density at radius 3 is 1.05 bits per heavy atom. The molecule has 0 bridgehead atoms. The standard InChI is InChI=1S/C57H116NO7P/c1-6-9-12-15-18-21-24-27-30-33-36-39-42-45-48-55(49-46-43-40-37-34-31-28-25-22-19-16-13-10-7-2)57(59)63-53-56(54-65-66(60,61)64-52-50-58(4)5)62-51-47-44-41-38-35-32-29-26-23-20-17-14-11-8-3/h55-56H,6-54H2,1-5H3,(H,60,61)/t56-/m1/s1. The molecule has 0 saturated heterocycles. The highest BCUT2D eigenvalue weighted by molar-refractivity contribution is 7.47. The normalized spacial score (nSPS) is 13.3. The summed E-state index contributed by atoms with van der Waals surface area (Å²) < 4.78 is 35.5. The van der Waals surface area contributed by atoms with Crippen molar-refractivity contribution in [1.82, 2.24) is 4.90 Å². The minimum absolute atomic E-state index is 0.0170. The van der Waals surface area contributed by atoms with Crippen LogP contribution >= 0.6 is 7.82 Å². The van der Waals surface area contributed by atoms with E-state index in [1.165, 1.54) is 244 Å². The molecule has 0 aliphatic carbocycles. The van der Waals surface area contributed by atoms with E-state index in [1.807, 2.05) is 19.0 Å². The van der Waals surface area contributed by atoms with Crippen LogP contribution in [-0.2, 0) is 27.9 Å². The Labute approximate surface area is 412 Å². The van der Waals surface area contributed by atoms with Gasteiger partial charge < -0.3 is 19.3 Å². The Morgan fingerprint density at radius 1 is 0.424 bits per heavy atom. The van der Waals surface area contributed by atoms with Crippen molar-refractivity contribution in [1.29, 1.82) is 0 Å². The van der Waals surface area contributed by atoms with Crippen molar-refractivity contribution in [2.45, 2.75) is 309 Å². The summed E-state index contributed by atoms with van der Waals surface area (Å²) in [4.78, 5) is 26.0. The fraction of sp³-hybridized carbons (Fsp3) is 0.982. The van der Waals surface area contributed by atoms with Gasteiger partial charge in [-0.2, -0.15) is 0 Å². The molecule has 0 heterocycles. The van der Waals surface area contributed by atoms with Gasteiger partial charge in [-0.25, -0.2) is 4.57 Å². The van der Waals surface area contributed by atoms with Crippen molar-refractivity contribution in [3.8, 4) is 0 Å². The third-order valence-electron chi connectivity index (χ3n) is 13.6. The zero-order valence-corrected chi connectivity index (χ0v) is 46.0. The van der Waals surface area contributed by atoms with E-state index in [-0.39, 0.29) is 31.7 Å². The number of ether oxygens (including phenoxy) is 2. The van der Waals surface area contributed by atoms with Crippen LogP contribution in [0.3, 0.4) is 0 Å². The predicted molar refractivity (Wildman–Crippen MR) is 285 cm³/mol. The third-order valence-corrected chi connectivity index (χ3v) is 14.6. The second-order valence-electron chi connectivity index (χ2n) is 20.6. The van der Waals surface area contributed by atoms with Gasteiger partial charge in [0.15, 0.2) is 0 Å². The van der Waals surface area contributed by atoms with Crippen molar-refractivity contribution in [2.75, 3.05) is 47.1 Å². The Bertz CT molecular complexity index is 983. The molecule has 0 fully saturated rings. The number of phosphoric ester groups is 1. The molecule has 0 amide bonds. The molecule has 0 spiro atoms. The second-order valence-corrected chi connectivity index (χ2v) is 22.0. The average Bonchev–Trinajstić information content (AvgIpc) is 3.30. The molecule has 0 aromatic rings. The topological polar surface area (TPSA) is 94.5 Å². The van der Waals surface area contributed by atoms with Crippen molar-refractivity contribution in [2.24, 2.45) is 5.92 Å². The van der Waals surface area contributed by atoms with Crippen molar-refractivity contribution in [3.63, 3.8) is 0 Å². The zero-order chi connectivity index (χ0) is 48.3. The number of carbonyl (C=O) groups is 1. The molecule has 396 valence electrons. The third kappa shape index (κ3) is 49.9. The van der Waals surface area contributed by atoms with Crippen LogP contribution in [0.2, 0.25) is 0 Å². The minimum atomic E-state index is -4.27. The smallest absolute Gasteiger partial charge is 0.463 e. The highest BCUT2D eigenvalue weighted by Crippen LogP contribution is 2.43. The van der Waals surface area contributed by atoms with E-state index < -0.39 is 13.9 Å². The van der Waals surface area contributed by atoms with Crippen LogP contribution in [0.4, 0.5) is 0 Å². The molecule has 66 heavy (non-hydrogen) atoms. The zero-order valence-electron chi connectivity index (χ0n) is 45.1. The van der Waals surface area contributed by atoms with Gasteiger partial charge in [0.2, 0.25) is 0 Å². The lowest BCUT2D eigenvalue weighted by Crippen LogP contribution is -2.29. The average molecular weight is 959 g/mol. The number of rotatable bonds is 56. The molecular weight excluding hydrogens is 842 g/mol. The van der Waals surface area contributed by atoms with E-state index in [1.54, 1.807) is 0 Å². The molecule has 0 aliphatic heterocycles. The first kappa shape index (κ1) is 65.5. The number of unbranched alkanes of at least 4 members (excludes halogenated alkanes) is 39. The molecular formula is C57H116NO7P. The van der Waals surface area contributed by atoms with E-state index in [0.29, 0.717) is 13.2 Å². The van der Waals surface area contributed by atoms with Crippen LogP contribution < -0.4 is 0 Å². The summed E-state index contributed by atoms with van der Waals surface area (Å²) in [5.74, 6) is -0.274. The van der Waals surface area contributed by atoms with E-state index in [9.17, 15) is 14.3 Å². The Hall–Kier alpha value is -0.500. The van der Waals surface area contributed by atoms with Crippen LogP contribution in [0.5, 0.6) is 0 Å². The Kier molecular flexibility index (Phi) is 51.9. The maximum atomic E-state index is 13.7. The second kappa shape index (κ2) is 52.3. The summed E-state index contributed by atoms with van der Waals surface area (Å²) >= 11 is 0. The molecule has 2 atom stereocenters. The van der Waals surface area contributed by atoms with Gasteiger partial charge in [-0.05, 0) is 33.4 Å². The Balaban J connectivity index is 4.94. The Morgan fingerprint density at radius 2 is 0.727 bits per heavy atom. The summed E-state index contributed by atoms with van der Waals surface area (Å²) in [5, 5.41) is 0. The van der Waals surface area contributed by atoms with Gasteiger partial charge >= 0.3 is 13.8 Å². The number of phosphoric acid groups is 1. The quantitative estimate of drug-likeness (QED) is 0.0366. The highest BCUT2D eigenvalue weighted by Gasteiger charge is 2.26. The van der Waals surface area contributed by atoms with Gasteiger partial charge in [-0.15, -0.1) is 0 Å². The summed E-state index contributed by atoms with van der Waals surface area (Å²) in [6.45, 7) is 7.79. The minimum Gasteiger partial charge on any atom is -0.463 e. The lowest BCUT2D eigenvalue weighted by molar-refractivity contribution is -0.154. The van der Waals surface area contributed by atoms with Crippen molar-refractivity contribution >= 4 is 13.8 Å². The van der Waals surface area contributed by atoms with Crippen LogP contribution in [0.25, 0.3) is 0 Å². The molecule has 1 N–H and O–H groups in total. The largest absolute Gasteiger partial charge is 0.472 e. The van der Waals surface area contributed by atoms with Gasteiger partial charge in [0.1, 0.15) is 12.7 Å². The summed E-state index contributed by atoms with van der Waals surface area (Å²) in [7, 11) is -0.504. The number of likely N-dealkylation sites (N-methyl/N-ethyl adjacent to an activating group) is 1. The maximum absolute atomic E-state index is 13.7. The van der Waals surface area contributed by atoms with Gasteiger partial charge in [0.25, 0.3) is 0 Å². The van der Waals surface area contributed by atoms with E-state index in [4.69, 9.17) is 18.5 Å². The number of carbonyl (C=O) groups excluding carboxylic acids is 1. The van der Waals surface area contributed by atoms with E-state index >= 15 is 0 Å². The van der Waals surface area contributed by atoms with Gasteiger partial charge in [-0.3, -0.25) is 13.8 Å². The predicted octanol–water partition coefficient (Wildman–Crippen LogP) is 18.5. The fourth-order valence-corrected chi connectivity index (χ4v) is 9.83. The number of hydrogen-bond acceptors (Lipinski definition) is 7. The SMILES string of the molecule is CCCCCCCCCCCCCCCCO[C@H](COC(=O)C(CCCCCCCCCCCCCCCC)CCCCCCCCCCCCCCCC)COP(=O)(O)OCCN(C)C. The van der Waals surface area contributed by atoms with E-state index in [2.05, 4.69) is 20.8 Å². The first-order chi connectivity index (χ1) is 32.3. The molecule has 9 heteroatoms. The lowest BCUT2D eigenvalue weighted by Gasteiger charge is -2.22. The van der Waals surface area contributed by atoms with Gasteiger partial charge in [-0.1, -0.05) is 284 Å². The number of nitrogens with zero attached hydrogens (tertiary/aromatic N) is 1. The number of hydrogen-bond donors (Lipinski definition) is 1. The molecule has 0 radical (unpaired) electrons. The molecule has 1 unspecified atom stereocenters. The first-order valence-corrected chi connectivity index (χ1v) is 30.8. The van der Waals surface area contributed by atoms with Crippen LogP contribution in [0, 0.1) is 5.92 Å². The van der Waals surface area contributed by atoms with Crippen LogP contribution in [0.15, 0.2) is 0 Å². The summed E-state index contributed by atoms with van der Waals surface area (Å²) in [5.41, 5.74) is 0.